The Balaban J connectivity index is 1.48. The van der Waals surface area contributed by atoms with E-state index in [1.54, 1.807) is 13.2 Å². The number of aryl methyl sites for hydroxylation is 1. The van der Waals surface area contributed by atoms with Gasteiger partial charge >= 0.3 is 0 Å². The van der Waals surface area contributed by atoms with Gasteiger partial charge in [-0.3, -0.25) is 9.20 Å². The molecular formula is C29H33N5O2. The first-order valence-electron chi connectivity index (χ1n) is 13.0. The summed E-state index contributed by atoms with van der Waals surface area (Å²) < 4.78 is 10.1. The molecule has 0 aromatic carbocycles. The number of aromatic nitrogens is 4. The Morgan fingerprint density at radius 2 is 2.03 bits per heavy atom. The van der Waals surface area contributed by atoms with E-state index in [1.165, 1.54) is 19.3 Å². The van der Waals surface area contributed by atoms with E-state index in [4.69, 9.17) is 14.7 Å². The van der Waals surface area contributed by atoms with Gasteiger partial charge in [0, 0.05) is 36.7 Å². The van der Waals surface area contributed by atoms with Crippen molar-refractivity contribution in [1.82, 2.24) is 23.8 Å². The molecule has 0 N–H and O–H groups in total. The number of piperidine rings is 1. The van der Waals surface area contributed by atoms with Crippen LogP contribution in [0.2, 0.25) is 0 Å². The summed E-state index contributed by atoms with van der Waals surface area (Å²) in [6.07, 6.45) is 6.51. The van der Waals surface area contributed by atoms with Gasteiger partial charge in [0.05, 0.1) is 24.2 Å². The van der Waals surface area contributed by atoms with Crippen molar-refractivity contribution in [1.29, 1.82) is 0 Å². The van der Waals surface area contributed by atoms with Crippen LogP contribution in [0.1, 0.15) is 54.4 Å². The number of carbonyl (C=O) groups is 1. The number of hydrogen-bond acceptors (Lipinski definition) is 4. The fourth-order valence-corrected chi connectivity index (χ4v) is 5.54. The summed E-state index contributed by atoms with van der Waals surface area (Å²) >= 11 is 0. The van der Waals surface area contributed by atoms with Crippen molar-refractivity contribution in [3.8, 4) is 17.3 Å². The van der Waals surface area contributed by atoms with E-state index in [2.05, 4.69) is 37.1 Å². The van der Waals surface area contributed by atoms with Gasteiger partial charge in [0.25, 0.3) is 5.91 Å². The van der Waals surface area contributed by atoms with Crippen molar-refractivity contribution >= 4 is 28.7 Å². The predicted molar refractivity (Wildman–Crippen MR) is 142 cm³/mol. The second-order valence-corrected chi connectivity index (χ2v) is 10.5. The van der Waals surface area contributed by atoms with Gasteiger partial charge in [0.15, 0.2) is 5.88 Å². The lowest BCUT2D eigenvalue weighted by molar-refractivity contribution is 0.0682. The molecule has 1 aliphatic heterocycles. The molecule has 36 heavy (non-hydrogen) atoms. The molecule has 1 aliphatic carbocycles. The zero-order valence-electron chi connectivity index (χ0n) is 21.3. The Kier molecular flexibility index (Phi) is 5.58. The van der Waals surface area contributed by atoms with Crippen molar-refractivity contribution in [2.45, 2.75) is 46.1 Å². The van der Waals surface area contributed by atoms with Crippen molar-refractivity contribution in [2.24, 2.45) is 11.8 Å². The number of methoxy groups -OCH3 is 1. The molecule has 2 aliphatic rings. The average Bonchev–Trinajstić information content (AvgIpc) is 3.56. The molecule has 7 heteroatoms. The van der Waals surface area contributed by atoms with Crippen LogP contribution in [0, 0.1) is 18.8 Å². The van der Waals surface area contributed by atoms with E-state index in [9.17, 15) is 4.79 Å². The number of rotatable bonds is 6. The molecule has 186 valence electrons. The summed E-state index contributed by atoms with van der Waals surface area (Å²) in [7, 11) is 1.65. The maximum absolute atomic E-state index is 13.4. The van der Waals surface area contributed by atoms with Crippen molar-refractivity contribution < 1.29 is 9.53 Å². The summed E-state index contributed by atoms with van der Waals surface area (Å²) in [4.78, 5) is 25.3. The molecular weight excluding hydrogens is 450 g/mol. The molecule has 0 unspecified atom stereocenters. The average molecular weight is 484 g/mol. The van der Waals surface area contributed by atoms with E-state index < -0.39 is 0 Å². The fraction of sp³-hybridized carbons (Fsp3) is 0.414. The largest absolute Gasteiger partial charge is 0.482 e. The molecule has 0 bridgehead atoms. The number of fused-ring (bicyclic) bond motifs is 2. The molecule has 0 radical (unpaired) electrons. The Bertz CT molecular complexity index is 1490. The SMILES string of the molecule is C=Cc1ccc2cc(-c3nc4cc(C(=O)N5CCC[C@@H](C)C5)cc(OC)n4c3C)n(CC3CC3)c2n1. The molecule has 6 rings (SSSR count). The van der Waals surface area contributed by atoms with Crippen LogP contribution < -0.4 is 4.74 Å². The third-order valence-electron chi connectivity index (χ3n) is 7.67. The van der Waals surface area contributed by atoms with Crippen LogP contribution in [0.15, 0.2) is 36.9 Å². The van der Waals surface area contributed by atoms with Crippen LogP contribution in [-0.4, -0.2) is 49.9 Å². The first kappa shape index (κ1) is 22.8. The second kappa shape index (κ2) is 8.80. The number of pyridine rings is 2. The lowest BCUT2D eigenvalue weighted by Gasteiger charge is -2.31. The molecule has 0 spiro atoms. The minimum absolute atomic E-state index is 0.0496. The number of nitrogens with zero attached hydrogens (tertiary/aromatic N) is 5. The molecule has 2 fully saturated rings. The lowest BCUT2D eigenvalue weighted by Crippen LogP contribution is -2.39. The van der Waals surface area contributed by atoms with Gasteiger partial charge in [-0.1, -0.05) is 13.5 Å². The van der Waals surface area contributed by atoms with Crippen molar-refractivity contribution in [2.75, 3.05) is 20.2 Å². The van der Waals surface area contributed by atoms with E-state index in [0.29, 0.717) is 23.3 Å². The second-order valence-electron chi connectivity index (χ2n) is 10.5. The molecule has 1 saturated heterocycles. The monoisotopic (exact) mass is 483 g/mol. The lowest BCUT2D eigenvalue weighted by atomic mass is 9.99. The highest BCUT2D eigenvalue weighted by Crippen LogP contribution is 2.37. The molecule has 1 amide bonds. The Morgan fingerprint density at radius 1 is 1.19 bits per heavy atom. The first-order chi connectivity index (χ1) is 17.5. The van der Waals surface area contributed by atoms with Crippen molar-refractivity contribution in [3.05, 3.63) is 53.9 Å². The normalized spacial score (nSPS) is 18.2. The summed E-state index contributed by atoms with van der Waals surface area (Å²) in [5.41, 5.74) is 6.10. The van der Waals surface area contributed by atoms with Gasteiger partial charge in [0.1, 0.15) is 17.0 Å². The Labute approximate surface area is 211 Å². The Hall–Kier alpha value is -3.61. The van der Waals surface area contributed by atoms with E-state index in [0.717, 1.165) is 65.5 Å². The minimum atomic E-state index is 0.0496. The zero-order chi connectivity index (χ0) is 25.0. The standard InChI is InChI=1S/C29H33N5O2/c1-5-23-11-10-21-13-24(33(28(21)30-23)17-20-8-9-20)27-19(3)34-25(31-27)14-22(15-26(34)36-4)29(35)32-12-6-7-18(2)16-32/h5,10-11,13-15,18,20H,1,6-9,12,16-17H2,2-4H3/t18-/m1/s1. The first-order valence-corrected chi connectivity index (χ1v) is 13.0. The third-order valence-corrected chi connectivity index (χ3v) is 7.67. The molecule has 4 aromatic rings. The van der Waals surface area contributed by atoms with Gasteiger partial charge in [0.2, 0.25) is 0 Å². The van der Waals surface area contributed by atoms with Gasteiger partial charge in [-0.05, 0) is 74.8 Å². The van der Waals surface area contributed by atoms with Crippen LogP contribution in [-0.2, 0) is 6.54 Å². The molecule has 1 atom stereocenters. The van der Waals surface area contributed by atoms with Gasteiger partial charge in [-0.15, -0.1) is 0 Å². The maximum atomic E-state index is 13.4. The van der Waals surface area contributed by atoms with Crippen LogP contribution in [0.25, 0.3) is 34.1 Å². The maximum Gasteiger partial charge on any atom is 0.254 e. The van der Waals surface area contributed by atoms with Crippen LogP contribution in [0.4, 0.5) is 0 Å². The highest BCUT2D eigenvalue weighted by Gasteiger charge is 2.28. The molecule has 1 saturated carbocycles. The van der Waals surface area contributed by atoms with Crippen LogP contribution >= 0.6 is 0 Å². The molecule has 7 nitrogen and oxygen atoms in total. The van der Waals surface area contributed by atoms with Crippen LogP contribution in [0.5, 0.6) is 5.88 Å². The van der Waals surface area contributed by atoms with E-state index in [-0.39, 0.29) is 5.91 Å². The third kappa shape index (κ3) is 3.87. The number of imidazole rings is 1. The van der Waals surface area contributed by atoms with E-state index in [1.807, 2.05) is 27.5 Å². The number of ether oxygens (including phenoxy) is 1. The topological polar surface area (TPSA) is 64.7 Å². The summed E-state index contributed by atoms with van der Waals surface area (Å²) in [6.45, 7) is 10.7. The smallest absolute Gasteiger partial charge is 0.254 e. The number of amides is 1. The van der Waals surface area contributed by atoms with Crippen LogP contribution in [0.3, 0.4) is 0 Å². The van der Waals surface area contributed by atoms with Gasteiger partial charge in [-0.25, -0.2) is 9.97 Å². The number of likely N-dealkylation sites (tertiary alicyclic amines) is 1. The van der Waals surface area contributed by atoms with Gasteiger partial charge < -0.3 is 14.2 Å². The highest BCUT2D eigenvalue weighted by atomic mass is 16.5. The van der Waals surface area contributed by atoms with Gasteiger partial charge in [-0.2, -0.15) is 0 Å². The predicted octanol–water partition coefficient (Wildman–Crippen LogP) is 5.59. The number of carbonyl (C=O) groups excluding carboxylic acids is 1. The Morgan fingerprint density at radius 3 is 2.75 bits per heavy atom. The number of hydrogen-bond donors (Lipinski definition) is 0. The van der Waals surface area contributed by atoms with Crippen molar-refractivity contribution in [3.63, 3.8) is 0 Å². The fourth-order valence-electron chi connectivity index (χ4n) is 5.54. The summed E-state index contributed by atoms with van der Waals surface area (Å²) in [5, 5.41) is 1.09. The summed E-state index contributed by atoms with van der Waals surface area (Å²) in [6, 6.07) is 10.0. The minimum Gasteiger partial charge on any atom is -0.482 e. The molecule has 4 aromatic heterocycles. The highest BCUT2D eigenvalue weighted by molar-refractivity contribution is 5.96. The zero-order valence-corrected chi connectivity index (χ0v) is 21.3. The van der Waals surface area contributed by atoms with E-state index >= 15 is 0 Å². The molecule has 5 heterocycles. The quantitative estimate of drug-likeness (QED) is 0.358. The summed E-state index contributed by atoms with van der Waals surface area (Å²) in [5.74, 6) is 1.87.